The molecule has 0 aromatic carbocycles. The number of nitrogens with one attached hydrogen (secondary N) is 1. The third-order valence-electron chi connectivity index (χ3n) is 4.35. The maximum Gasteiger partial charge on any atom is 0.229 e. The molecule has 1 N–H and O–H groups in total. The number of hydrogen-bond donors (Lipinski definition) is 1. The molecular weight excluding hydrogens is 238 g/mol. The van der Waals surface area contributed by atoms with Crippen molar-refractivity contribution in [1.82, 2.24) is 9.97 Å². The lowest BCUT2D eigenvalue weighted by atomic mass is 9.95. The molecule has 3 rings (SSSR count). The fourth-order valence-electron chi connectivity index (χ4n) is 3.24. The number of carbonyl (C=O) groups is 1. The van der Waals surface area contributed by atoms with Gasteiger partial charge < -0.3 is 0 Å². The van der Waals surface area contributed by atoms with Crippen LogP contribution in [0.15, 0.2) is 0 Å². The van der Waals surface area contributed by atoms with E-state index in [0.29, 0.717) is 5.95 Å². The number of amides is 1. The summed E-state index contributed by atoms with van der Waals surface area (Å²) in [6.45, 7) is 2.02. The van der Waals surface area contributed by atoms with Crippen molar-refractivity contribution in [2.75, 3.05) is 5.32 Å². The molecular formula is C15H21N3O. The Balaban J connectivity index is 1.77. The second-order valence-corrected chi connectivity index (χ2v) is 5.74. The van der Waals surface area contributed by atoms with Gasteiger partial charge in [0.2, 0.25) is 11.9 Å². The van der Waals surface area contributed by atoms with Crippen molar-refractivity contribution < 1.29 is 4.79 Å². The predicted molar refractivity (Wildman–Crippen MR) is 74.0 cm³/mol. The first-order valence-corrected chi connectivity index (χ1v) is 7.41. The topological polar surface area (TPSA) is 54.9 Å². The summed E-state index contributed by atoms with van der Waals surface area (Å²) in [6, 6.07) is 0. The molecule has 1 aromatic rings. The van der Waals surface area contributed by atoms with Gasteiger partial charge in [-0.3, -0.25) is 10.1 Å². The highest BCUT2D eigenvalue weighted by Crippen LogP contribution is 2.26. The van der Waals surface area contributed by atoms with Gasteiger partial charge in [0.05, 0.1) is 0 Å². The predicted octanol–water partition coefficient (Wildman–Crippen LogP) is 2.79. The number of aromatic nitrogens is 2. The van der Waals surface area contributed by atoms with Crippen LogP contribution in [0.5, 0.6) is 0 Å². The largest absolute Gasteiger partial charge is 0.294 e. The van der Waals surface area contributed by atoms with Crippen LogP contribution in [0.1, 0.15) is 55.5 Å². The van der Waals surface area contributed by atoms with Gasteiger partial charge in [0, 0.05) is 17.3 Å². The van der Waals surface area contributed by atoms with Gasteiger partial charge in [0.15, 0.2) is 0 Å². The van der Waals surface area contributed by atoms with Crippen molar-refractivity contribution in [1.29, 1.82) is 0 Å². The second kappa shape index (κ2) is 5.27. The zero-order valence-electron chi connectivity index (χ0n) is 11.5. The van der Waals surface area contributed by atoms with Gasteiger partial charge in [-0.25, -0.2) is 9.97 Å². The molecule has 0 radical (unpaired) electrons. The summed E-state index contributed by atoms with van der Waals surface area (Å²) in [4.78, 5) is 21.1. The van der Waals surface area contributed by atoms with Gasteiger partial charge >= 0.3 is 0 Å². The molecule has 4 nitrogen and oxygen atoms in total. The zero-order valence-corrected chi connectivity index (χ0v) is 11.5. The Labute approximate surface area is 114 Å². The highest BCUT2D eigenvalue weighted by atomic mass is 16.2. The molecule has 0 aliphatic heterocycles. The highest BCUT2D eigenvalue weighted by Gasteiger charge is 2.24. The summed E-state index contributed by atoms with van der Waals surface area (Å²) in [7, 11) is 0. The van der Waals surface area contributed by atoms with Gasteiger partial charge in [-0.2, -0.15) is 0 Å². The quantitative estimate of drug-likeness (QED) is 0.888. The Morgan fingerprint density at radius 2 is 1.84 bits per heavy atom. The molecule has 2 aliphatic carbocycles. The van der Waals surface area contributed by atoms with Crippen LogP contribution >= 0.6 is 0 Å². The SMILES string of the molecule is Cc1nc(NC(=O)C2CCCC2)nc2c1CCCC2. The van der Waals surface area contributed by atoms with E-state index in [4.69, 9.17) is 0 Å². The molecule has 0 bridgehead atoms. The summed E-state index contributed by atoms with van der Waals surface area (Å²) in [5, 5.41) is 2.91. The average Bonchev–Trinajstić information content (AvgIpc) is 2.93. The number of fused-ring (bicyclic) bond motifs is 1. The lowest BCUT2D eigenvalue weighted by molar-refractivity contribution is -0.119. The highest BCUT2D eigenvalue weighted by molar-refractivity contribution is 5.91. The second-order valence-electron chi connectivity index (χ2n) is 5.74. The zero-order chi connectivity index (χ0) is 13.2. The first-order chi connectivity index (χ1) is 9.24. The van der Waals surface area contributed by atoms with Crippen LogP contribution in [0.25, 0.3) is 0 Å². The Morgan fingerprint density at radius 1 is 1.11 bits per heavy atom. The number of rotatable bonds is 2. The summed E-state index contributed by atoms with van der Waals surface area (Å²) in [5.74, 6) is 0.780. The maximum atomic E-state index is 12.1. The standard InChI is InChI=1S/C15H21N3O/c1-10-12-8-4-5-9-13(12)17-15(16-10)18-14(19)11-6-2-3-7-11/h11H,2-9H2,1H3,(H,16,17,18,19). The monoisotopic (exact) mass is 259 g/mol. The minimum absolute atomic E-state index is 0.104. The molecule has 0 spiro atoms. The van der Waals surface area contributed by atoms with E-state index in [1.54, 1.807) is 0 Å². The number of nitrogens with zero attached hydrogens (tertiary/aromatic N) is 2. The lowest BCUT2D eigenvalue weighted by Gasteiger charge is -2.18. The van der Waals surface area contributed by atoms with Crippen molar-refractivity contribution in [3.8, 4) is 0 Å². The Bertz CT molecular complexity index is 492. The Kier molecular flexibility index (Phi) is 3.49. The molecule has 2 aliphatic rings. The Morgan fingerprint density at radius 3 is 2.63 bits per heavy atom. The summed E-state index contributed by atoms with van der Waals surface area (Å²) in [5.41, 5.74) is 3.47. The van der Waals surface area contributed by atoms with Gasteiger partial charge in [-0.1, -0.05) is 12.8 Å². The van der Waals surface area contributed by atoms with E-state index in [9.17, 15) is 4.79 Å². The van der Waals surface area contributed by atoms with E-state index in [0.717, 1.165) is 37.1 Å². The maximum absolute atomic E-state index is 12.1. The molecule has 19 heavy (non-hydrogen) atoms. The number of hydrogen-bond acceptors (Lipinski definition) is 3. The Hall–Kier alpha value is -1.45. The number of aryl methyl sites for hydroxylation is 2. The normalized spacial score (nSPS) is 19.2. The summed E-state index contributed by atoms with van der Waals surface area (Å²) in [6.07, 6.45) is 8.88. The minimum atomic E-state index is 0.104. The number of anilines is 1. The molecule has 4 heteroatoms. The van der Waals surface area contributed by atoms with Crippen LogP contribution in [0.3, 0.4) is 0 Å². The molecule has 0 saturated heterocycles. The molecule has 1 saturated carbocycles. The van der Waals surface area contributed by atoms with E-state index in [1.165, 1.54) is 31.2 Å². The van der Waals surface area contributed by atoms with Crippen molar-refractivity contribution in [3.63, 3.8) is 0 Å². The third-order valence-corrected chi connectivity index (χ3v) is 4.35. The first kappa shape index (κ1) is 12.6. The summed E-state index contributed by atoms with van der Waals surface area (Å²) < 4.78 is 0. The molecule has 0 atom stereocenters. The van der Waals surface area contributed by atoms with Crippen LogP contribution in [0, 0.1) is 12.8 Å². The van der Waals surface area contributed by atoms with Gasteiger partial charge in [-0.15, -0.1) is 0 Å². The van der Waals surface area contributed by atoms with Crippen LogP contribution in [-0.2, 0) is 17.6 Å². The molecule has 1 amide bonds. The van der Waals surface area contributed by atoms with E-state index < -0.39 is 0 Å². The van der Waals surface area contributed by atoms with Crippen LogP contribution in [0.2, 0.25) is 0 Å². The van der Waals surface area contributed by atoms with Crippen molar-refractivity contribution in [2.45, 2.75) is 58.3 Å². The van der Waals surface area contributed by atoms with Crippen molar-refractivity contribution >= 4 is 11.9 Å². The smallest absolute Gasteiger partial charge is 0.229 e. The minimum Gasteiger partial charge on any atom is -0.294 e. The first-order valence-electron chi connectivity index (χ1n) is 7.41. The number of carbonyl (C=O) groups excluding carboxylic acids is 1. The van der Waals surface area contributed by atoms with Crippen LogP contribution in [-0.4, -0.2) is 15.9 Å². The summed E-state index contributed by atoms with van der Waals surface area (Å²) >= 11 is 0. The van der Waals surface area contributed by atoms with Gasteiger partial charge in [0.25, 0.3) is 0 Å². The van der Waals surface area contributed by atoms with E-state index in [2.05, 4.69) is 15.3 Å². The fourth-order valence-corrected chi connectivity index (χ4v) is 3.24. The molecule has 0 unspecified atom stereocenters. The van der Waals surface area contributed by atoms with E-state index >= 15 is 0 Å². The fraction of sp³-hybridized carbons (Fsp3) is 0.667. The average molecular weight is 259 g/mol. The molecule has 102 valence electrons. The van der Waals surface area contributed by atoms with Gasteiger partial charge in [0.1, 0.15) is 0 Å². The third kappa shape index (κ3) is 2.62. The van der Waals surface area contributed by atoms with E-state index in [1.807, 2.05) is 6.92 Å². The van der Waals surface area contributed by atoms with E-state index in [-0.39, 0.29) is 11.8 Å². The molecule has 1 aromatic heterocycles. The van der Waals surface area contributed by atoms with Crippen LogP contribution in [0.4, 0.5) is 5.95 Å². The lowest BCUT2D eigenvalue weighted by Crippen LogP contribution is -2.23. The van der Waals surface area contributed by atoms with Gasteiger partial charge in [-0.05, 0) is 51.0 Å². The molecule has 1 heterocycles. The van der Waals surface area contributed by atoms with Crippen molar-refractivity contribution in [2.24, 2.45) is 5.92 Å². The molecule has 1 fully saturated rings. The van der Waals surface area contributed by atoms with Crippen LogP contribution < -0.4 is 5.32 Å². The van der Waals surface area contributed by atoms with Crippen molar-refractivity contribution in [3.05, 3.63) is 17.0 Å².